The number of furan rings is 1. The molecule has 4 aromatic rings. The third kappa shape index (κ3) is 4.86. The standard InChI is InChI=1S/C31H31N5O3/c1-18-13-21(31(37)36(3)4)16-34-29(18)27-15-26-30(39-27)28(23(17-33-26)19-5-6-19)20-7-8-24(25(14-20)32-2)35-22-9-11-38-12-10-22/h7-8,13-17,19,22,35H,5-6,9-12H2,1,3-4H3. The van der Waals surface area contributed by atoms with Gasteiger partial charge in [0.05, 0.1) is 12.1 Å². The second-order valence-electron chi connectivity index (χ2n) is 10.7. The van der Waals surface area contributed by atoms with E-state index >= 15 is 0 Å². The molecule has 6 rings (SSSR count). The number of carbonyl (C=O) groups is 1. The van der Waals surface area contributed by atoms with Gasteiger partial charge in [0.15, 0.2) is 11.3 Å². The van der Waals surface area contributed by atoms with E-state index in [0.29, 0.717) is 40.2 Å². The van der Waals surface area contributed by atoms with E-state index in [-0.39, 0.29) is 5.91 Å². The minimum atomic E-state index is -0.0925. The fourth-order valence-corrected chi connectivity index (χ4v) is 5.28. The SMILES string of the molecule is [C-]#[N+]c1cc(-c2c(C3CC3)cnc3cc(-c4ncc(C(=O)N(C)C)cc4C)oc23)ccc1NC1CCOCC1. The van der Waals surface area contributed by atoms with E-state index in [2.05, 4.69) is 21.2 Å². The van der Waals surface area contributed by atoms with Crippen LogP contribution in [0.4, 0.5) is 11.4 Å². The number of anilines is 1. The molecule has 1 N–H and O–H groups in total. The van der Waals surface area contributed by atoms with E-state index in [0.717, 1.165) is 72.4 Å². The van der Waals surface area contributed by atoms with Gasteiger partial charge in [-0.3, -0.25) is 14.8 Å². The third-order valence-electron chi connectivity index (χ3n) is 7.54. The van der Waals surface area contributed by atoms with Crippen LogP contribution < -0.4 is 5.32 Å². The Morgan fingerprint density at radius 3 is 2.56 bits per heavy atom. The summed E-state index contributed by atoms with van der Waals surface area (Å²) < 4.78 is 12.0. The van der Waals surface area contributed by atoms with Gasteiger partial charge in [-0.05, 0) is 73.4 Å². The smallest absolute Gasteiger partial charge is 0.254 e. The average molecular weight is 522 g/mol. The van der Waals surface area contributed by atoms with Crippen LogP contribution >= 0.6 is 0 Å². The molecular weight excluding hydrogens is 490 g/mol. The number of ether oxygens (including phenoxy) is 1. The lowest BCUT2D eigenvalue weighted by atomic mass is 9.96. The lowest BCUT2D eigenvalue weighted by Crippen LogP contribution is -2.27. The molecule has 0 atom stereocenters. The summed E-state index contributed by atoms with van der Waals surface area (Å²) in [6.07, 6.45) is 7.66. The van der Waals surface area contributed by atoms with E-state index in [9.17, 15) is 4.79 Å². The number of nitrogens with one attached hydrogen (secondary N) is 1. The van der Waals surface area contributed by atoms with Gasteiger partial charge in [-0.15, -0.1) is 0 Å². The van der Waals surface area contributed by atoms with Crippen LogP contribution in [0.25, 0.3) is 38.5 Å². The molecule has 8 nitrogen and oxygen atoms in total. The normalized spacial score (nSPS) is 15.7. The van der Waals surface area contributed by atoms with Gasteiger partial charge < -0.3 is 19.4 Å². The summed E-state index contributed by atoms with van der Waals surface area (Å²) in [5.74, 6) is 0.958. The predicted octanol–water partition coefficient (Wildman–Crippen LogP) is 6.59. The molecule has 2 fully saturated rings. The molecule has 1 aliphatic heterocycles. The first kappa shape index (κ1) is 25.1. The molecule has 1 aliphatic carbocycles. The van der Waals surface area contributed by atoms with Crippen molar-refractivity contribution in [3.05, 3.63) is 70.8 Å². The van der Waals surface area contributed by atoms with E-state index in [1.54, 1.807) is 20.3 Å². The number of amides is 1. The van der Waals surface area contributed by atoms with Crippen LogP contribution in [0.15, 0.2) is 47.1 Å². The number of rotatable bonds is 6. The Hall–Kier alpha value is -4.22. The quantitative estimate of drug-likeness (QED) is 0.288. The highest BCUT2D eigenvalue weighted by atomic mass is 16.5. The number of hydrogen-bond donors (Lipinski definition) is 1. The average Bonchev–Trinajstić information content (AvgIpc) is 3.71. The first-order chi connectivity index (χ1) is 18.9. The molecule has 0 radical (unpaired) electrons. The summed E-state index contributed by atoms with van der Waals surface area (Å²) >= 11 is 0. The van der Waals surface area contributed by atoms with Gasteiger partial charge in [0.2, 0.25) is 5.69 Å². The molecule has 4 heterocycles. The molecule has 198 valence electrons. The summed E-state index contributed by atoms with van der Waals surface area (Å²) in [6, 6.07) is 10.1. The van der Waals surface area contributed by atoms with Crippen LogP contribution in [0, 0.1) is 13.5 Å². The van der Waals surface area contributed by atoms with Gasteiger partial charge in [-0.25, -0.2) is 4.85 Å². The number of nitrogens with zero attached hydrogens (tertiary/aromatic N) is 4. The van der Waals surface area contributed by atoms with Crippen molar-refractivity contribution in [2.75, 3.05) is 32.6 Å². The molecule has 1 amide bonds. The van der Waals surface area contributed by atoms with Gasteiger partial charge in [-0.2, -0.15) is 0 Å². The molecule has 0 spiro atoms. The molecule has 1 saturated carbocycles. The Morgan fingerprint density at radius 2 is 1.87 bits per heavy atom. The Bertz CT molecular complexity index is 1610. The Labute approximate surface area is 227 Å². The molecule has 1 saturated heterocycles. The molecule has 3 aromatic heterocycles. The van der Waals surface area contributed by atoms with Crippen LogP contribution in [0.2, 0.25) is 0 Å². The zero-order valence-electron chi connectivity index (χ0n) is 22.5. The minimum absolute atomic E-state index is 0.0925. The molecule has 0 bridgehead atoms. The maximum Gasteiger partial charge on any atom is 0.254 e. The highest BCUT2D eigenvalue weighted by Crippen LogP contribution is 2.48. The summed E-state index contributed by atoms with van der Waals surface area (Å²) in [6.45, 7) is 11.3. The van der Waals surface area contributed by atoms with Crippen molar-refractivity contribution in [1.82, 2.24) is 14.9 Å². The van der Waals surface area contributed by atoms with Crippen LogP contribution in [-0.2, 0) is 4.74 Å². The van der Waals surface area contributed by atoms with Gasteiger partial charge >= 0.3 is 0 Å². The van der Waals surface area contributed by atoms with E-state index in [1.807, 2.05) is 37.4 Å². The second-order valence-corrected chi connectivity index (χ2v) is 10.7. The number of aryl methyl sites for hydroxylation is 1. The first-order valence-electron chi connectivity index (χ1n) is 13.4. The molecule has 0 unspecified atom stereocenters. The van der Waals surface area contributed by atoms with Crippen molar-refractivity contribution in [1.29, 1.82) is 0 Å². The minimum Gasteiger partial charge on any atom is -0.452 e. The monoisotopic (exact) mass is 521 g/mol. The Balaban J connectivity index is 1.42. The number of fused-ring (bicyclic) bond motifs is 1. The lowest BCUT2D eigenvalue weighted by molar-refractivity contribution is 0.0827. The predicted molar refractivity (Wildman–Crippen MR) is 151 cm³/mol. The Kier molecular flexibility index (Phi) is 6.53. The van der Waals surface area contributed by atoms with E-state index < -0.39 is 0 Å². The van der Waals surface area contributed by atoms with Crippen molar-refractivity contribution < 1.29 is 13.9 Å². The molecule has 2 aliphatic rings. The molecule has 8 heteroatoms. The van der Waals surface area contributed by atoms with Crippen molar-refractivity contribution in [2.24, 2.45) is 0 Å². The number of hydrogen-bond acceptors (Lipinski definition) is 6. The highest BCUT2D eigenvalue weighted by Gasteiger charge is 2.30. The van der Waals surface area contributed by atoms with Crippen molar-refractivity contribution >= 4 is 28.4 Å². The number of carbonyl (C=O) groups excluding carboxylic acids is 1. The van der Waals surface area contributed by atoms with Gasteiger partial charge in [0.25, 0.3) is 5.91 Å². The number of benzene rings is 1. The largest absolute Gasteiger partial charge is 0.452 e. The zero-order valence-corrected chi connectivity index (χ0v) is 22.5. The van der Waals surface area contributed by atoms with Crippen LogP contribution in [0.3, 0.4) is 0 Å². The van der Waals surface area contributed by atoms with Crippen LogP contribution in [-0.4, -0.2) is 54.1 Å². The van der Waals surface area contributed by atoms with Crippen molar-refractivity contribution in [3.63, 3.8) is 0 Å². The van der Waals surface area contributed by atoms with Gasteiger partial charge in [-0.1, -0.05) is 6.07 Å². The topological polar surface area (TPSA) is 84.9 Å². The first-order valence-corrected chi connectivity index (χ1v) is 13.4. The third-order valence-corrected chi connectivity index (χ3v) is 7.54. The summed E-state index contributed by atoms with van der Waals surface area (Å²) in [4.78, 5) is 27.1. The fraction of sp³-hybridized carbons (Fsp3) is 0.355. The van der Waals surface area contributed by atoms with Gasteiger partial charge in [0.1, 0.15) is 11.2 Å². The maximum absolute atomic E-state index is 12.4. The Morgan fingerprint density at radius 1 is 1.08 bits per heavy atom. The zero-order chi connectivity index (χ0) is 27.1. The highest BCUT2D eigenvalue weighted by molar-refractivity contribution is 5.97. The summed E-state index contributed by atoms with van der Waals surface area (Å²) in [5, 5.41) is 3.55. The maximum atomic E-state index is 12.4. The van der Waals surface area contributed by atoms with Crippen LogP contribution in [0.1, 0.15) is 53.1 Å². The van der Waals surface area contributed by atoms with E-state index in [1.165, 1.54) is 4.90 Å². The van der Waals surface area contributed by atoms with Gasteiger partial charge in [0, 0.05) is 63.1 Å². The lowest BCUT2D eigenvalue weighted by Gasteiger charge is -2.25. The molecule has 1 aromatic carbocycles. The van der Waals surface area contributed by atoms with Crippen molar-refractivity contribution in [2.45, 2.75) is 44.6 Å². The van der Waals surface area contributed by atoms with E-state index in [4.69, 9.17) is 20.7 Å². The number of pyridine rings is 2. The summed E-state index contributed by atoms with van der Waals surface area (Å²) in [7, 11) is 3.45. The molecule has 39 heavy (non-hydrogen) atoms. The molecular formula is C31H31N5O3. The number of aromatic nitrogens is 2. The second kappa shape index (κ2) is 10.2. The van der Waals surface area contributed by atoms with Crippen molar-refractivity contribution in [3.8, 4) is 22.6 Å². The fourth-order valence-electron chi connectivity index (χ4n) is 5.28. The summed E-state index contributed by atoms with van der Waals surface area (Å²) in [5.41, 5.74) is 8.05. The van der Waals surface area contributed by atoms with Crippen LogP contribution in [0.5, 0.6) is 0 Å².